The molecule has 0 aliphatic carbocycles. The van der Waals surface area contributed by atoms with Crippen LogP contribution in [0.15, 0.2) is 40.9 Å². The van der Waals surface area contributed by atoms with Crippen LogP contribution in [-0.4, -0.2) is 36.6 Å². The van der Waals surface area contributed by atoms with Crippen LogP contribution in [0.4, 0.5) is 0 Å². The number of aromatic nitrogens is 2. The molecule has 1 aromatic heterocycles. The molecule has 5 rings (SSSR count). The normalized spacial score (nSPS) is 15.0. The van der Waals surface area contributed by atoms with E-state index >= 15 is 0 Å². The van der Waals surface area contributed by atoms with Crippen molar-refractivity contribution in [3.63, 3.8) is 0 Å². The van der Waals surface area contributed by atoms with Gasteiger partial charge < -0.3 is 23.5 Å². The first-order chi connectivity index (χ1) is 12.4. The van der Waals surface area contributed by atoms with E-state index in [1.165, 1.54) is 0 Å². The summed E-state index contributed by atoms with van der Waals surface area (Å²) in [4.78, 5) is 4.48. The summed E-state index contributed by atoms with van der Waals surface area (Å²) < 4.78 is 27.7. The highest BCUT2D eigenvalue weighted by atomic mass is 16.6. The van der Waals surface area contributed by atoms with Gasteiger partial charge in [-0.15, -0.1) is 0 Å². The highest BCUT2D eigenvalue weighted by molar-refractivity contribution is 5.65. The van der Waals surface area contributed by atoms with E-state index < -0.39 is 0 Å². The molecule has 2 aliphatic rings. The van der Waals surface area contributed by atoms with Crippen LogP contribution in [-0.2, 0) is 0 Å². The summed E-state index contributed by atoms with van der Waals surface area (Å²) in [5.41, 5.74) is 1.58. The fourth-order valence-electron chi connectivity index (χ4n) is 2.82. The summed E-state index contributed by atoms with van der Waals surface area (Å²) in [5.74, 6) is 3.73. The van der Waals surface area contributed by atoms with E-state index in [4.69, 9.17) is 23.5 Å². The topological polar surface area (TPSA) is 75.8 Å². The Kier molecular flexibility index (Phi) is 3.22. The van der Waals surface area contributed by atoms with Gasteiger partial charge in [0.15, 0.2) is 23.0 Å². The lowest BCUT2D eigenvalue weighted by Gasteiger charge is -2.18. The number of hydrogen-bond donors (Lipinski definition) is 0. The summed E-state index contributed by atoms with van der Waals surface area (Å²) in [6.07, 6.45) is 0. The van der Waals surface area contributed by atoms with E-state index in [1.54, 1.807) is 0 Å². The summed E-state index contributed by atoms with van der Waals surface area (Å²) in [5, 5.41) is 4.07. The van der Waals surface area contributed by atoms with Crippen LogP contribution in [0.25, 0.3) is 22.8 Å². The molecule has 3 aromatic rings. The third kappa shape index (κ3) is 2.53. The quantitative estimate of drug-likeness (QED) is 0.711. The standard InChI is InChI=1S/C18H14N2O5/c1-3-13-15(23-7-5-21-13)9-11(1)17-19-18(25-20-17)12-2-4-14-16(10-12)24-8-6-22-14/h1-4,9-10H,5-8H2. The molecule has 2 aromatic carbocycles. The molecule has 0 radical (unpaired) electrons. The van der Waals surface area contributed by atoms with Crippen LogP contribution in [0.3, 0.4) is 0 Å². The molecular weight excluding hydrogens is 324 g/mol. The molecule has 7 nitrogen and oxygen atoms in total. The average Bonchev–Trinajstić information content (AvgIpc) is 3.17. The number of nitrogens with zero attached hydrogens (tertiary/aromatic N) is 2. The van der Waals surface area contributed by atoms with Gasteiger partial charge in [0, 0.05) is 11.1 Å². The Morgan fingerprint density at radius 2 is 1.20 bits per heavy atom. The number of hydrogen-bond acceptors (Lipinski definition) is 7. The first-order valence-electron chi connectivity index (χ1n) is 8.00. The largest absolute Gasteiger partial charge is 0.486 e. The molecule has 126 valence electrons. The molecule has 0 spiro atoms. The van der Waals surface area contributed by atoms with Gasteiger partial charge in [-0.1, -0.05) is 5.16 Å². The van der Waals surface area contributed by atoms with Gasteiger partial charge in [0.05, 0.1) is 0 Å². The monoisotopic (exact) mass is 338 g/mol. The maximum Gasteiger partial charge on any atom is 0.258 e. The third-order valence-electron chi connectivity index (χ3n) is 4.02. The van der Waals surface area contributed by atoms with Crippen LogP contribution in [0.5, 0.6) is 23.0 Å². The highest BCUT2D eigenvalue weighted by Crippen LogP contribution is 2.36. The Morgan fingerprint density at radius 3 is 1.88 bits per heavy atom. The zero-order valence-electron chi connectivity index (χ0n) is 13.2. The Bertz CT molecular complexity index is 863. The van der Waals surface area contributed by atoms with Crippen LogP contribution in [0, 0.1) is 0 Å². The van der Waals surface area contributed by atoms with Crippen molar-refractivity contribution in [2.24, 2.45) is 0 Å². The first kappa shape index (κ1) is 14.2. The lowest BCUT2D eigenvalue weighted by molar-refractivity contribution is 0.171. The molecule has 3 heterocycles. The van der Waals surface area contributed by atoms with Gasteiger partial charge in [-0.25, -0.2) is 0 Å². The molecule has 0 bridgehead atoms. The lowest BCUT2D eigenvalue weighted by Crippen LogP contribution is -2.15. The summed E-state index contributed by atoms with van der Waals surface area (Å²) in [7, 11) is 0. The molecule has 0 unspecified atom stereocenters. The molecule has 0 saturated carbocycles. The van der Waals surface area contributed by atoms with Gasteiger partial charge in [0.25, 0.3) is 5.89 Å². The molecule has 25 heavy (non-hydrogen) atoms. The summed E-state index contributed by atoms with van der Waals surface area (Å²) in [6.45, 7) is 2.18. The van der Waals surface area contributed by atoms with E-state index in [0.717, 1.165) is 22.6 Å². The van der Waals surface area contributed by atoms with E-state index in [0.29, 0.717) is 49.6 Å². The van der Waals surface area contributed by atoms with Crippen molar-refractivity contribution in [1.29, 1.82) is 0 Å². The minimum absolute atomic E-state index is 0.418. The fourth-order valence-corrected chi connectivity index (χ4v) is 2.82. The van der Waals surface area contributed by atoms with Gasteiger partial charge in [-0.2, -0.15) is 4.98 Å². The van der Waals surface area contributed by atoms with Crippen LogP contribution in [0.1, 0.15) is 0 Å². The molecule has 0 amide bonds. The second-order valence-electron chi connectivity index (χ2n) is 5.64. The lowest BCUT2D eigenvalue weighted by atomic mass is 10.1. The summed E-state index contributed by atoms with van der Waals surface area (Å²) in [6, 6.07) is 11.1. The Morgan fingerprint density at radius 1 is 0.640 bits per heavy atom. The van der Waals surface area contributed by atoms with Gasteiger partial charge in [-0.05, 0) is 36.4 Å². The SMILES string of the molecule is c1cc2c(cc1-c1noc(-c3ccc4c(c3)OCCO4)n1)OCCO2. The van der Waals surface area contributed by atoms with Crippen molar-refractivity contribution >= 4 is 0 Å². The van der Waals surface area contributed by atoms with Crippen LogP contribution in [0.2, 0.25) is 0 Å². The predicted molar refractivity (Wildman–Crippen MR) is 87.2 cm³/mol. The van der Waals surface area contributed by atoms with Gasteiger partial charge in [0.1, 0.15) is 26.4 Å². The number of fused-ring (bicyclic) bond motifs is 2. The van der Waals surface area contributed by atoms with E-state index in [9.17, 15) is 0 Å². The van der Waals surface area contributed by atoms with Crippen molar-refractivity contribution in [1.82, 2.24) is 10.1 Å². The molecule has 0 atom stereocenters. The average molecular weight is 338 g/mol. The van der Waals surface area contributed by atoms with Gasteiger partial charge in [0.2, 0.25) is 5.82 Å². The third-order valence-corrected chi connectivity index (χ3v) is 4.02. The Hall–Kier alpha value is -3.22. The van der Waals surface area contributed by atoms with Crippen molar-refractivity contribution in [2.45, 2.75) is 0 Å². The van der Waals surface area contributed by atoms with Gasteiger partial charge in [-0.3, -0.25) is 0 Å². The second kappa shape index (κ2) is 5.70. The Labute approximate surface area is 143 Å². The molecular formula is C18H14N2O5. The van der Waals surface area contributed by atoms with Crippen molar-refractivity contribution < 1.29 is 23.5 Å². The van der Waals surface area contributed by atoms with Crippen molar-refractivity contribution in [3.05, 3.63) is 36.4 Å². The molecule has 2 aliphatic heterocycles. The Balaban J connectivity index is 1.47. The van der Waals surface area contributed by atoms with Crippen molar-refractivity contribution in [3.8, 4) is 45.8 Å². The predicted octanol–water partition coefficient (Wildman–Crippen LogP) is 2.95. The number of benzene rings is 2. The smallest absolute Gasteiger partial charge is 0.258 e. The molecule has 0 fully saturated rings. The van der Waals surface area contributed by atoms with Crippen molar-refractivity contribution in [2.75, 3.05) is 26.4 Å². The highest BCUT2D eigenvalue weighted by Gasteiger charge is 2.18. The minimum Gasteiger partial charge on any atom is -0.486 e. The minimum atomic E-state index is 0.418. The maximum atomic E-state index is 5.60. The first-order valence-corrected chi connectivity index (χ1v) is 8.00. The second-order valence-corrected chi connectivity index (χ2v) is 5.64. The van der Waals surface area contributed by atoms with Gasteiger partial charge >= 0.3 is 0 Å². The molecule has 7 heteroatoms. The fraction of sp³-hybridized carbons (Fsp3) is 0.222. The number of rotatable bonds is 2. The van der Waals surface area contributed by atoms with Crippen LogP contribution < -0.4 is 18.9 Å². The van der Waals surface area contributed by atoms with E-state index in [1.807, 2.05) is 36.4 Å². The molecule has 0 saturated heterocycles. The zero-order valence-corrected chi connectivity index (χ0v) is 13.2. The van der Waals surface area contributed by atoms with E-state index in [-0.39, 0.29) is 0 Å². The molecule has 0 N–H and O–H groups in total. The zero-order chi connectivity index (χ0) is 16.6. The maximum absolute atomic E-state index is 5.60. The van der Waals surface area contributed by atoms with Crippen LogP contribution >= 0.6 is 0 Å². The summed E-state index contributed by atoms with van der Waals surface area (Å²) >= 11 is 0. The number of ether oxygens (including phenoxy) is 4. The van der Waals surface area contributed by atoms with E-state index in [2.05, 4.69) is 10.1 Å².